The van der Waals surface area contributed by atoms with Crippen LogP contribution in [-0.4, -0.2) is 11.4 Å². The standard InChI is InChI=1S/C11H13NO4/c1-9(16-14)7-12-11(13)15-8-10-5-3-2-4-6-10/h2-7,14H,8H2,1H3,(H,12,13)/b9-7+. The van der Waals surface area contributed by atoms with Gasteiger partial charge in [-0.2, -0.15) is 0 Å². The molecule has 16 heavy (non-hydrogen) atoms. The number of rotatable bonds is 4. The van der Waals surface area contributed by atoms with E-state index in [-0.39, 0.29) is 12.4 Å². The smallest absolute Gasteiger partial charge is 0.411 e. The highest BCUT2D eigenvalue weighted by Crippen LogP contribution is 2.00. The van der Waals surface area contributed by atoms with Gasteiger partial charge in [-0.25, -0.2) is 10.1 Å². The summed E-state index contributed by atoms with van der Waals surface area (Å²) in [6, 6.07) is 9.31. The molecule has 0 aliphatic rings. The number of allylic oxidation sites excluding steroid dienone is 1. The van der Waals surface area contributed by atoms with E-state index in [1.54, 1.807) is 0 Å². The van der Waals surface area contributed by atoms with E-state index in [9.17, 15) is 4.79 Å². The Bertz CT molecular complexity index is 362. The third-order valence-corrected chi connectivity index (χ3v) is 1.75. The fraction of sp³-hybridized carbons (Fsp3) is 0.182. The van der Waals surface area contributed by atoms with Gasteiger partial charge in [-0.15, -0.1) is 0 Å². The predicted octanol–water partition coefficient (Wildman–Crippen LogP) is 2.26. The number of alkyl carbamates (subject to hydrolysis) is 1. The molecule has 0 aliphatic carbocycles. The van der Waals surface area contributed by atoms with Gasteiger partial charge >= 0.3 is 6.09 Å². The van der Waals surface area contributed by atoms with Crippen molar-refractivity contribution >= 4 is 6.09 Å². The van der Waals surface area contributed by atoms with Crippen molar-refractivity contribution < 1.29 is 19.7 Å². The summed E-state index contributed by atoms with van der Waals surface area (Å²) < 4.78 is 4.89. The van der Waals surface area contributed by atoms with Crippen LogP contribution in [0.3, 0.4) is 0 Å². The maximum absolute atomic E-state index is 11.1. The maximum atomic E-state index is 11.1. The zero-order valence-electron chi connectivity index (χ0n) is 8.84. The summed E-state index contributed by atoms with van der Waals surface area (Å²) in [5.74, 6) is 0.164. The molecule has 0 aliphatic heterocycles. The van der Waals surface area contributed by atoms with E-state index in [0.717, 1.165) is 5.56 Å². The summed E-state index contributed by atoms with van der Waals surface area (Å²) in [4.78, 5) is 15.0. The molecular formula is C11H13NO4. The third kappa shape index (κ3) is 4.47. The number of hydrogen-bond donors (Lipinski definition) is 2. The van der Waals surface area contributed by atoms with Gasteiger partial charge in [0.15, 0.2) is 5.76 Å². The number of carbonyl (C=O) groups excluding carboxylic acids is 1. The fourth-order valence-electron chi connectivity index (χ4n) is 0.952. The first-order valence-electron chi connectivity index (χ1n) is 4.68. The van der Waals surface area contributed by atoms with Crippen LogP contribution < -0.4 is 5.32 Å². The molecule has 2 N–H and O–H groups in total. The molecule has 0 heterocycles. The molecule has 0 fully saturated rings. The molecule has 0 bridgehead atoms. The quantitative estimate of drug-likeness (QED) is 0.466. The summed E-state index contributed by atoms with van der Waals surface area (Å²) in [5, 5.41) is 10.5. The number of nitrogens with one attached hydrogen (secondary N) is 1. The Hall–Kier alpha value is -2.01. The van der Waals surface area contributed by atoms with Crippen molar-refractivity contribution in [1.82, 2.24) is 5.32 Å². The van der Waals surface area contributed by atoms with E-state index < -0.39 is 6.09 Å². The first-order chi connectivity index (χ1) is 7.72. The molecule has 0 radical (unpaired) electrons. The number of benzene rings is 1. The lowest BCUT2D eigenvalue weighted by atomic mass is 10.2. The Morgan fingerprint density at radius 1 is 1.44 bits per heavy atom. The van der Waals surface area contributed by atoms with Crippen LogP contribution in [-0.2, 0) is 16.2 Å². The van der Waals surface area contributed by atoms with Gasteiger partial charge in [-0.1, -0.05) is 30.3 Å². The Kier molecular flexibility index (Phi) is 4.88. The van der Waals surface area contributed by atoms with Gasteiger partial charge < -0.3 is 9.62 Å². The molecule has 0 spiro atoms. The van der Waals surface area contributed by atoms with Crippen LogP contribution in [0, 0.1) is 0 Å². The summed E-state index contributed by atoms with van der Waals surface area (Å²) in [6.45, 7) is 1.68. The summed E-state index contributed by atoms with van der Waals surface area (Å²) >= 11 is 0. The number of hydrogen-bond acceptors (Lipinski definition) is 4. The molecule has 1 amide bonds. The van der Waals surface area contributed by atoms with Crippen molar-refractivity contribution in [1.29, 1.82) is 0 Å². The van der Waals surface area contributed by atoms with E-state index in [1.165, 1.54) is 13.1 Å². The lowest BCUT2D eigenvalue weighted by molar-refractivity contribution is -0.202. The average molecular weight is 223 g/mol. The monoisotopic (exact) mass is 223 g/mol. The molecule has 1 aromatic rings. The van der Waals surface area contributed by atoms with Gasteiger partial charge in [0.1, 0.15) is 6.61 Å². The van der Waals surface area contributed by atoms with Crippen LogP contribution in [0.25, 0.3) is 0 Å². The van der Waals surface area contributed by atoms with E-state index >= 15 is 0 Å². The molecule has 5 nitrogen and oxygen atoms in total. The minimum absolute atomic E-state index is 0.164. The van der Waals surface area contributed by atoms with Gasteiger partial charge in [0.2, 0.25) is 0 Å². The van der Waals surface area contributed by atoms with Crippen molar-refractivity contribution in [3.63, 3.8) is 0 Å². The van der Waals surface area contributed by atoms with Crippen LogP contribution in [0.2, 0.25) is 0 Å². The van der Waals surface area contributed by atoms with Gasteiger partial charge in [0, 0.05) is 6.20 Å². The van der Waals surface area contributed by atoms with Crippen molar-refractivity contribution in [3.8, 4) is 0 Å². The highest BCUT2D eigenvalue weighted by atomic mass is 17.1. The molecule has 0 unspecified atom stereocenters. The Labute approximate surface area is 93.2 Å². The normalized spacial score (nSPS) is 10.8. The number of ether oxygens (including phenoxy) is 1. The second-order valence-corrected chi connectivity index (χ2v) is 3.05. The highest BCUT2D eigenvalue weighted by molar-refractivity contribution is 5.68. The van der Waals surface area contributed by atoms with Gasteiger partial charge in [-0.05, 0) is 12.5 Å². The first kappa shape index (κ1) is 12.1. The third-order valence-electron chi connectivity index (χ3n) is 1.75. The second-order valence-electron chi connectivity index (χ2n) is 3.05. The summed E-state index contributed by atoms with van der Waals surface area (Å²) in [5.41, 5.74) is 0.900. The average Bonchev–Trinajstić information content (AvgIpc) is 2.34. The molecule has 86 valence electrons. The van der Waals surface area contributed by atoms with E-state index in [1.807, 2.05) is 30.3 Å². The topological polar surface area (TPSA) is 67.8 Å². The van der Waals surface area contributed by atoms with Crippen molar-refractivity contribution in [2.75, 3.05) is 0 Å². The zero-order chi connectivity index (χ0) is 11.8. The zero-order valence-corrected chi connectivity index (χ0v) is 8.84. The van der Waals surface area contributed by atoms with Crippen LogP contribution in [0.4, 0.5) is 4.79 Å². The Balaban J connectivity index is 2.31. The SMILES string of the molecule is C/C(=C\NC(=O)OCc1ccccc1)OO. The van der Waals surface area contributed by atoms with Crippen LogP contribution in [0.5, 0.6) is 0 Å². The Morgan fingerprint density at radius 3 is 2.75 bits per heavy atom. The number of carbonyl (C=O) groups is 1. The maximum Gasteiger partial charge on any atom is 0.411 e. The van der Waals surface area contributed by atoms with E-state index in [2.05, 4.69) is 10.2 Å². The lowest BCUT2D eigenvalue weighted by Gasteiger charge is -2.04. The minimum atomic E-state index is -0.611. The minimum Gasteiger partial charge on any atom is -0.444 e. The molecular weight excluding hydrogens is 210 g/mol. The van der Waals surface area contributed by atoms with Crippen molar-refractivity contribution in [2.24, 2.45) is 0 Å². The van der Waals surface area contributed by atoms with Gasteiger partial charge in [0.25, 0.3) is 0 Å². The molecule has 5 heteroatoms. The second kappa shape index (κ2) is 6.47. The van der Waals surface area contributed by atoms with Gasteiger partial charge in [-0.3, -0.25) is 5.32 Å². The fourth-order valence-corrected chi connectivity index (χ4v) is 0.952. The molecule has 0 saturated carbocycles. The summed E-state index contributed by atoms with van der Waals surface area (Å²) in [6.07, 6.45) is 0.591. The highest BCUT2D eigenvalue weighted by Gasteiger charge is 2.00. The molecule has 1 rings (SSSR count). The van der Waals surface area contributed by atoms with E-state index in [0.29, 0.717) is 0 Å². The van der Waals surface area contributed by atoms with Crippen molar-refractivity contribution in [3.05, 3.63) is 47.9 Å². The molecule has 0 saturated heterocycles. The first-order valence-corrected chi connectivity index (χ1v) is 4.68. The van der Waals surface area contributed by atoms with E-state index in [4.69, 9.17) is 9.99 Å². The van der Waals surface area contributed by atoms with Crippen LogP contribution in [0.1, 0.15) is 12.5 Å². The van der Waals surface area contributed by atoms with Crippen molar-refractivity contribution in [2.45, 2.75) is 13.5 Å². The number of amides is 1. The van der Waals surface area contributed by atoms with Gasteiger partial charge in [0.05, 0.1) is 0 Å². The lowest BCUT2D eigenvalue weighted by Crippen LogP contribution is -2.19. The Morgan fingerprint density at radius 2 is 2.12 bits per heavy atom. The predicted molar refractivity (Wildman–Crippen MR) is 57.2 cm³/mol. The largest absolute Gasteiger partial charge is 0.444 e. The molecule has 1 aromatic carbocycles. The summed E-state index contributed by atoms with van der Waals surface area (Å²) in [7, 11) is 0. The molecule has 0 aromatic heterocycles. The molecule has 0 atom stereocenters. The van der Waals surface area contributed by atoms with Crippen LogP contribution in [0.15, 0.2) is 42.3 Å². The van der Waals surface area contributed by atoms with Crippen LogP contribution >= 0.6 is 0 Å².